The number of likely N-dealkylation sites (tertiary alicyclic amines) is 1. The number of benzene rings is 2. The second kappa shape index (κ2) is 15.9. The predicted molar refractivity (Wildman–Crippen MR) is 192 cm³/mol. The van der Waals surface area contributed by atoms with Gasteiger partial charge in [-0.05, 0) is 56.0 Å². The Balaban J connectivity index is 1.50. The van der Waals surface area contributed by atoms with Gasteiger partial charge in [0, 0.05) is 43.7 Å². The summed E-state index contributed by atoms with van der Waals surface area (Å²) in [5, 5.41) is 9.76. The van der Waals surface area contributed by atoms with Gasteiger partial charge in [0.25, 0.3) is 5.91 Å². The number of esters is 1. The fourth-order valence-corrected chi connectivity index (χ4v) is 8.59. The molecule has 268 valence electrons. The van der Waals surface area contributed by atoms with Crippen LogP contribution in [-0.4, -0.2) is 101 Å². The van der Waals surface area contributed by atoms with E-state index in [1.807, 2.05) is 37.3 Å². The number of hydrogen-bond acceptors (Lipinski definition) is 8. The van der Waals surface area contributed by atoms with Gasteiger partial charge >= 0.3 is 5.97 Å². The van der Waals surface area contributed by atoms with Crippen LogP contribution >= 0.6 is 15.9 Å². The van der Waals surface area contributed by atoms with E-state index in [2.05, 4.69) is 29.1 Å². The van der Waals surface area contributed by atoms with Gasteiger partial charge in [-0.2, -0.15) is 0 Å². The lowest BCUT2D eigenvalue weighted by Crippen LogP contribution is -2.57. The Bertz CT molecular complexity index is 1570. The van der Waals surface area contributed by atoms with Crippen molar-refractivity contribution in [2.45, 2.75) is 67.3 Å². The molecule has 50 heavy (non-hydrogen) atoms. The third-order valence-electron chi connectivity index (χ3n) is 10.2. The second-order valence-electron chi connectivity index (χ2n) is 13.0. The maximum absolute atomic E-state index is 14.7. The Morgan fingerprint density at radius 3 is 2.46 bits per heavy atom. The van der Waals surface area contributed by atoms with E-state index in [0.717, 1.165) is 0 Å². The van der Waals surface area contributed by atoms with Crippen LogP contribution in [0.1, 0.15) is 44.3 Å². The summed E-state index contributed by atoms with van der Waals surface area (Å²) in [6, 6.07) is 14.6. The molecule has 3 saturated heterocycles. The molecule has 3 heterocycles. The SMILES string of the molecule is C=CCCC(=O)N(C)[C@@H](C)[C@@H](OC(=O)[C@@H]1[C@H]2O[C@@]3(CC2Br)[C@H](C(=O)N(CC=C)c2ccc(OC)cc2)N(CCCO)C(=O)[C@@H]13)c1ccccc1. The van der Waals surface area contributed by atoms with Crippen LogP contribution in [0.25, 0.3) is 0 Å². The third-order valence-corrected chi connectivity index (χ3v) is 11.0. The Morgan fingerprint density at radius 2 is 1.84 bits per heavy atom. The molecule has 0 radical (unpaired) electrons. The number of hydrogen-bond donors (Lipinski definition) is 1. The van der Waals surface area contributed by atoms with Gasteiger partial charge in [-0.1, -0.05) is 58.4 Å². The van der Waals surface area contributed by atoms with Gasteiger partial charge in [-0.15, -0.1) is 13.2 Å². The molecule has 3 aliphatic rings. The van der Waals surface area contributed by atoms with Crippen LogP contribution in [0.5, 0.6) is 5.75 Å². The Kier molecular flexibility index (Phi) is 11.9. The lowest BCUT2D eigenvalue weighted by atomic mass is 9.70. The van der Waals surface area contributed by atoms with E-state index >= 15 is 0 Å². The monoisotopic (exact) mass is 751 g/mol. The zero-order valence-corrected chi connectivity index (χ0v) is 30.4. The smallest absolute Gasteiger partial charge is 0.313 e. The van der Waals surface area contributed by atoms with Crippen molar-refractivity contribution in [1.29, 1.82) is 0 Å². The van der Waals surface area contributed by atoms with Gasteiger partial charge in [0.1, 0.15) is 23.5 Å². The fourth-order valence-electron chi connectivity index (χ4n) is 7.64. The van der Waals surface area contributed by atoms with E-state index in [0.29, 0.717) is 29.8 Å². The molecule has 3 fully saturated rings. The lowest BCUT2D eigenvalue weighted by Gasteiger charge is -2.37. The normalized spacial score (nSPS) is 26.1. The highest BCUT2D eigenvalue weighted by atomic mass is 79.9. The van der Waals surface area contributed by atoms with Gasteiger partial charge in [0.15, 0.2) is 0 Å². The van der Waals surface area contributed by atoms with E-state index in [4.69, 9.17) is 14.2 Å². The Hall–Kier alpha value is -4.00. The van der Waals surface area contributed by atoms with Crippen LogP contribution in [0, 0.1) is 11.8 Å². The highest BCUT2D eigenvalue weighted by molar-refractivity contribution is 9.09. The number of fused-ring (bicyclic) bond motifs is 1. The Morgan fingerprint density at radius 1 is 1.14 bits per heavy atom. The summed E-state index contributed by atoms with van der Waals surface area (Å²) in [7, 11) is 3.23. The summed E-state index contributed by atoms with van der Waals surface area (Å²) in [5.41, 5.74) is -0.0557. The molecule has 2 aromatic carbocycles. The van der Waals surface area contributed by atoms with Crippen LogP contribution in [0.3, 0.4) is 0 Å². The summed E-state index contributed by atoms with van der Waals surface area (Å²) >= 11 is 3.72. The number of halogens is 1. The molecule has 0 aliphatic carbocycles. The van der Waals surface area contributed by atoms with Crippen molar-refractivity contribution in [3.05, 3.63) is 85.5 Å². The molecule has 1 unspecified atom stereocenters. The number of carbonyl (C=O) groups excluding carboxylic acids is 4. The molecule has 1 N–H and O–H groups in total. The number of likely N-dealkylation sites (N-methyl/N-ethyl adjacent to an activating group) is 1. The Labute approximate surface area is 302 Å². The van der Waals surface area contributed by atoms with Crippen molar-refractivity contribution in [2.75, 3.05) is 38.8 Å². The summed E-state index contributed by atoms with van der Waals surface area (Å²) in [5.74, 6) is -2.93. The van der Waals surface area contributed by atoms with Crippen molar-refractivity contribution >= 4 is 45.3 Å². The van der Waals surface area contributed by atoms with Crippen LogP contribution in [0.4, 0.5) is 5.69 Å². The quantitative estimate of drug-likeness (QED) is 0.152. The summed E-state index contributed by atoms with van der Waals surface area (Å²) < 4.78 is 18.3. The molecule has 0 saturated carbocycles. The molecule has 3 amide bonds. The van der Waals surface area contributed by atoms with Crippen LogP contribution in [0.2, 0.25) is 0 Å². The van der Waals surface area contributed by atoms with Crippen LogP contribution < -0.4 is 9.64 Å². The number of aliphatic hydroxyl groups excluding tert-OH is 1. The van der Waals surface area contributed by atoms with E-state index < -0.39 is 53.6 Å². The average Bonchev–Trinajstić information content (AvgIpc) is 3.73. The lowest BCUT2D eigenvalue weighted by molar-refractivity contribution is -0.164. The van der Waals surface area contributed by atoms with Crippen molar-refractivity contribution < 1.29 is 38.5 Å². The summed E-state index contributed by atoms with van der Waals surface area (Å²) in [6.45, 7) is 9.45. The number of carbonyl (C=O) groups is 4. The number of alkyl halides is 1. The van der Waals surface area contributed by atoms with E-state index in [9.17, 15) is 24.3 Å². The molecule has 12 heteroatoms. The standard InChI is InChI=1S/C38H46BrN3O8/c1-6-8-15-29(44)40(4)24(3)32(25-13-10-9-11-14-25)49-37(47)30-31-35(45)42(21-12-22-43)34(38(31)23-28(39)33(30)50-38)36(46)41(20-7-2)26-16-18-27(48-5)19-17-26/h6-7,9-11,13-14,16-19,24,28,30-34,43H,1-2,8,12,15,20-23H2,3-5H3/t24-,28?,30-,31+,32+,33-,34-,38+/m0/s1. The molecule has 8 atom stereocenters. The number of anilines is 1. The predicted octanol–water partition coefficient (Wildman–Crippen LogP) is 4.44. The van der Waals surface area contributed by atoms with E-state index in [1.165, 1.54) is 4.90 Å². The number of ether oxygens (including phenoxy) is 3. The molecule has 5 rings (SSSR count). The minimum Gasteiger partial charge on any atom is -0.497 e. The van der Waals surface area contributed by atoms with Gasteiger partial charge in [-0.3, -0.25) is 19.2 Å². The number of amides is 3. The van der Waals surface area contributed by atoms with Crippen LogP contribution in [-0.2, 0) is 28.7 Å². The molecular formula is C38H46BrN3O8. The molecule has 11 nitrogen and oxygen atoms in total. The molecular weight excluding hydrogens is 706 g/mol. The van der Waals surface area contributed by atoms with Gasteiger partial charge in [0.05, 0.1) is 31.1 Å². The third kappa shape index (κ3) is 6.85. The zero-order chi connectivity index (χ0) is 36.2. The van der Waals surface area contributed by atoms with Crippen LogP contribution in [0.15, 0.2) is 79.9 Å². The van der Waals surface area contributed by atoms with Gasteiger partial charge < -0.3 is 34.0 Å². The topological polar surface area (TPSA) is 126 Å². The fraction of sp³-hybridized carbons (Fsp3) is 0.474. The number of nitrogens with zero attached hydrogens (tertiary/aromatic N) is 3. The molecule has 2 aromatic rings. The second-order valence-corrected chi connectivity index (χ2v) is 14.2. The summed E-state index contributed by atoms with van der Waals surface area (Å²) in [6.07, 6.45) is 3.03. The highest BCUT2D eigenvalue weighted by Gasteiger charge is 2.77. The van der Waals surface area contributed by atoms with E-state index in [1.54, 1.807) is 60.4 Å². The number of allylic oxidation sites excluding steroid dienone is 1. The largest absolute Gasteiger partial charge is 0.497 e. The maximum atomic E-state index is 14.7. The first-order valence-corrected chi connectivity index (χ1v) is 17.9. The van der Waals surface area contributed by atoms with Crippen molar-refractivity contribution in [1.82, 2.24) is 9.80 Å². The minimum absolute atomic E-state index is 0.0958. The summed E-state index contributed by atoms with van der Waals surface area (Å²) in [4.78, 5) is 60.9. The highest BCUT2D eigenvalue weighted by Crippen LogP contribution is 2.60. The molecule has 0 aromatic heterocycles. The van der Waals surface area contributed by atoms with Crippen molar-refractivity contribution in [2.24, 2.45) is 11.8 Å². The first-order valence-electron chi connectivity index (χ1n) is 17.0. The first-order chi connectivity index (χ1) is 24.0. The molecule has 3 aliphatic heterocycles. The minimum atomic E-state index is -1.33. The zero-order valence-electron chi connectivity index (χ0n) is 28.8. The molecule has 2 bridgehead atoms. The van der Waals surface area contributed by atoms with Crippen molar-refractivity contribution in [3.8, 4) is 5.75 Å². The van der Waals surface area contributed by atoms with Gasteiger partial charge in [0.2, 0.25) is 11.8 Å². The van der Waals surface area contributed by atoms with E-state index in [-0.39, 0.29) is 49.2 Å². The number of rotatable bonds is 16. The average molecular weight is 753 g/mol. The molecule has 1 spiro atoms. The van der Waals surface area contributed by atoms with Crippen molar-refractivity contribution in [3.63, 3.8) is 0 Å². The number of aliphatic hydroxyl groups is 1. The first kappa shape index (κ1) is 37.3. The maximum Gasteiger partial charge on any atom is 0.313 e. The number of methoxy groups -OCH3 is 1. The van der Waals surface area contributed by atoms with Gasteiger partial charge in [-0.25, -0.2) is 0 Å².